The molecule has 8 heteroatoms. The minimum Gasteiger partial charge on any atom is -0.469 e. The second-order valence-corrected chi connectivity index (χ2v) is 6.90. The summed E-state index contributed by atoms with van der Waals surface area (Å²) in [4.78, 5) is 35.2. The number of nitrogens with one attached hydrogen (secondary N) is 2. The number of methoxy groups -OCH3 is 1. The Balaban J connectivity index is 2.41. The van der Waals surface area contributed by atoms with Crippen LogP contribution in [-0.2, 0) is 25.6 Å². The molecule has 0 unspecified atom stereocenters. The van der Waals surface area contributed by atoms with Gasteiger partial charge in [-0.15, -0.1) is 0 Å². The van der Waals surface area contributed by atoms with Gasteiger partial charge in [0.1, 0.15) is 12.2 Å². The number of esters is 1. The molecule has 0 radical (unpaired) electrons. The summed E-state index contributed by atoms with van der Waals surface area (Å²) in [6.07, 6.45) is -0.929. The van der Waals surface area contributed by atoms with Crippen LogP contribution in [0.3, 0.4) is 0 Å². The van der Waals surface area contributed by atoms with Gasteiger partial charge in [-0.2, -0.15) is 0 Å². The predicted molar refractivity (Wildman–Crippen MR) is 99.0 cm³/mol. The van der Waals surface area contributed by atoms with Crippen molar-refractivity contribution in [2.24, 2.45) is 0 Å². The van der Waals surface area contributed by atoms with Gasteiger partial charge < -0.3 is 24.8 Å². The Kier molecular flexibility index (Phi) is 9.12. The number of ether oxygens (including phenoxy) is 3. The molecule has 150 valence electrons. The highest BCUT2D eigenvalue weighted by Crippen LogP contribution is 2.08. The maximum absolute atomic E-state index is 11.9. The number of hydrogen-bond acceptors (Lipinski definition) is 6. The van der Waals surface area contributed by atoms with Crippen molar-refractivity contribution in [2.75, 3.05) is 13.7 Å². The molecule has 0 aliphatic carbocycles. The molecule has 0 aliphatic heterocycles. The number of alkyl carbamates (subject to hydrolysis) is 2. The molecule has 0 aromatic heterocycles. The van der Waals surface area contributed by atoms with E-state index < -0.39 is 29.8 Å². The van der Waals surface area contributed by atoms with Gasteiger partial charge in [-0.1, -0.05) is 30.3 Å². The predicted octanol–water partition coefficient (Wildman–Crippen LogP) is 2.76. The van der Waals surface area contributed by atoms with Crippen LogP contribution in [-0.4, -0.2) is 43.5 Å². The standard InChI is InChI=1S/C19H28N2O6/c1-19(2,3)27-18(24)21-15(12-16(22)25-4)10-11-20-17(23)26-13-14-8-6-5-7-9-14/h5-9,15H,10-13H2,1-4H3,(H,20,23)(H,21,24)/t15-/m0/s1. The first-order chi connectivity index (χ1) is 12.7. The van der Waals surface area contributed by atoms with Crippen molar-refractivity contribution < 1.29 is 28.6 Å². The zero-order valence-electron chi connectivity index (χ0n) is 16.2. The van der Waals surface area contributed by atoms with Gasteiger partial charge >= 0.3 is 18.2 Å². The van der Waals surface area contributed by atoms with Crippen LogP contribution in [0.1, 0.15) is 39.2 Å². The summed E-state index contributed by atoms with van der Waals surface area (Å²) in [5.74, 6) is -0.470. The average Bonchev–Trinajstić information content (AvgIpc) is 2.59. The third kappa shape index (κ3) is 10.7. The number of carbonyl (C=O) groups is 3. The zero-order valence-corrected chi connectivity index (χ0v) is 16.2. The summed E-state index contributed by atoms with van der Waals surface area (Å²) in [5, 5.41) is 5.21. The maximum atomic E-state index is 11.9. The fourth-order valence-electron chi connectivity index (χ4n) is 2.11. The van der Waals surface area contributed by atoms with E-state index in [9.17, 15) is 14.4 Å². The van der Waals surface area contributed by atoms with E-state index in [4.69, 9.17) is 9.47 Å². The van der Waals surface area contributed by atoms with Crippen LogP contribution in [0, 0.1) is 0 Å². The quantitative estimate of drug-likeness (QED) is 0.531. The van der Waals surface area contributed by atoms with E-state index in [2.05, 4.69) is 15.4 Å². The number of benzene rings is 1. The molecule has 2 amide bonds. The molecule has 0 spiro atoms. The third-order valence-corrected chi connectivity index (χ3v) is 3.34. The van der Waals surface area contributed by atoms with E-state index in [0.717, 1.165) is 5.56 Å². The summed E-state index contributed by atoms with van der Waals surface area (Å²) in [5.41, 5.74) is 0.224. The molecule has 0 bridgehead atoms. The lowest BCUT2D eigenvalue weighted by Gasteiger charge is -2.23. The highest BCUT2D eigenvalue weighted by molar-refractivity contribution is 5.73. The Morgan fingerprint density at radius 1 is 1.07 bits per heavy atom. The average molecular weight is 380 g/mol. The van der Waals surface area contributed by atoms with E-state index >= 15 is 0 Å². The zero-order chi connectivity index (χ0) is 20.3. The summed E-state index contributed by atoms with van der Waals surface area (Å²) in [6, 6.07) is 8.76. The fraction of sp³-hybridized carbons (Fsp3) is 0.526. The van der Waals surface area contributed by atoms with Gasteiger partial charge in [0.05, 0.1) is 13.5 Å². The summed E-state index contributed by atoms with van der Waals surface area (Å²) in [7, 11) is 1.27. The lowest BCUT2D eigenvalue weighted by molar-refractivity contribution is -0.141. The molecule has 8 nitrogen and oxygen atoms in total. The van der Waals surface area contributed by atoms with E-state index in [1.807, 2.05) is 30.3 Å². The molecular formula is C19H28N2O6. The molecule has 1 atom stereocenters. The van der Waals surface area contributed by atoms with Gasteiger partial charge in [-0.25, -0.2) is 9.59 Å². The molecule has 0 saturated heterocycles. The first-order valence-corrected chi connectivity index (χ1v) is 8.70. The first kappa shape index (κ1) is 22.3. The Morgan fingerprint density at radius 2 is 1.74 bits per heavy atom. The third-order valence-electron chi connectivity index (χ3n) is 3.34. The van der Waals surface area contributed by atoms with Gasteiger partial charge in [0, 0.05) is 12.6 Å². The smallest absolute Gasteiger partial charge is 0.407 e. The van der Waals surface area contributed by atoms with Gasteiger partial charge in [0.25, 0.3) is 0 Å². The van der Waals surface area contributed by atoms with Crippen molar-refractivity contribution in [3.05, 3.63) is 35.9 Å². The van der Waals surface area contributed by atoms with Crippen LogP contribution >= 0.6 is 0 Å². The molecule has 1 rings (SSSR count). The summed E-state index contributed by atoms with van der Waals surface area (Å²) in [6.45, 7) is 5.60. The van der Waals surface area contributed by atoms with E-state index in [1.165, 1.54) is 7.11 Å². The molecule has 1 aromatic carbocycles. The maximum Gasteiger partial charge on any atom is 0.407 e. The van der Waals surface area contributed by atoms with Crippen LogP contribution in [0.2, 0.25) is 0 Å². The van der Waals surface area contributed by atoms with Gasteiger partial charge in [-0.3, -0.25) is 4.79 Å². The number of hydrogen-bond donors (Lipinski definition) is 2. The summed E-state index contributed by atoms with van der Waals surface area (Å²) >= 11 is 0. The van der Waals surface area contributed by atoms with Crippen LogP contribution in [0.25, 0.3) is 0 Å². The van der Waals surface area contributed by atoms with Crippen LogP contribution in [0.15, 0.2) is 30.3 Å². The molecule has 1 aromatic rings. The SMILES string of the molecule is COC(=O)C[C@H](CCNC(=O)OCc1ccccc1)NC(=O)OC(C)(C)C. The van der Waals surface area contributed by atoms with Gasteiger partial charge in [0.2, 0.25) is 0 Å². The number of rotatable bonds is 8. The first-order valence-electron chi connectivity index (χ1n) is 8.70. The van der Waals surface area contributed by atoms with Gasteiger partial charge in [-0.05, 0) is 32.8 Å². The normalized spacial score (nSPS) is 11.9. The molecule has 27 heavy (non-hydrogen) atoms. The highest BCUT2D eigenvalue weighted by Gasteiger charge is 2.21. The van der Waals surface area contributed by atoms with E-state index in [-0.39, 0.29) is 19.6 Å². The van der Waals surface area contributed by atoms with Crippen molar-refractivity contribution >= 4 is 18.2 Å². The minimum atomic E-state index is -0.653. The topological polar surface area (TPSA) is 103 Å². The molecular weight excluding hydrogens is 352 g/mol. The van der Waals surface area contributed by atoms with Crippen LogP contribution < -0.4 is 10.6 Å². The number of carbonyl (C=O) groups excluding carboxylic acids is 3. The van der Waals surface area contributed by atoms with E-state index in [0.29, 0.717) is 6.42 Å². The van der Waals surface area contributed by atoms with Crippen molar-refractivity contribution in [1.29, 1.82) is 0 Å². The second-order valence-electron chi connectivity index (χ2n) is 6.90. The Morgan fingerprint density at radius 3 is 2.33 bits per heavy atom. The minimum absolute atomic E-state index is 0.0313. The molecule has 0 heterocycles. The van der Waals surface area contributed by atoms with Crippen molar-refractivity contribution in [3.63, 3.8) is 0 Å². The second kappa shape index (κ2) is 11.1. The lowest BCUT2D eigenvalue weighted by Crippen LogP contribution is -2.42. The molecule has 0 fully saturated rings. The van der Waals surface area contributed by atoms with Crippen LogP contribution in [0.5, 0.6) is 0 Å². The van der Waals surface area contributed by atoms with E-state index in [1.54, 1.807) is 20.8 Å². The lowest BCUT2D eigenvalue weighted by atomic mass is 10.1. The Hall–Kier alpha value is -2.77. The monoisotopic (exact) mass is 380 g/mol. The summed E-state index contributed by atoms with van der Waals surface area (Å²) < 4.78 is 14.9. The van der Waals surface area contributed by atoms with Crippen molar-refractivity contribution in [1.82, 2.24) is 10.6 Å². The Labute approximate surface area is 159 Å². The van der Waals surface area contributed by atoms with Gasteiger partial charge in [0.15, 0.2) is 0 Å². The molecule has 0 aliphatic rings. The molecule has 2 N–H and O–H groups in total. The van der Waals surface area contributed by atoms with Crippen LogP contribution in [0.4, 0.5) is 9.59 Å². The Bertz CT molecular complexity index is 612. The largest absolute Gasteiger partial charge is 0.469 e. The fourth-order valence-corrected chi connectivity index (χ4v) is 2.11. The molecule has 0 saturated carbocycles. The highest BCUT2D eigenvalue weighted by atomic mass is 16.6. The number of amides is 2. The van der Waals surface area contributed by atoms with Crippen molar-refractivity contribution in [2.45, 2.75) is 51.9 Å². The van der Waals surface area contributed by atoms with Crippen molar-refractivity contribution in [3.8, 4) is 0 Å².